The number of hydrogen-bond donors (Lipinski definition) is 1. The number of rotatable bonds is 4. The van der Waals surface area contributed by atoms with E-state index >= 15 is 0 Å². The number of aromatic nitrogens is 5. The van der Waals surface area contributed by atoms with E-state index in [0.717, 1.165) is 3.57 Å². The summed E-state index contributed by atoms with van der Waals surface area (Å²) in [6, 6.07) is 7.85. The number of halogens is 1. The van der Waals surface area contributed by atoms with Crippen molar-refractivity contribution in [2.45, 2.75) is 0 Å². The van der Waals surface area contributed by atoms with Gasteiger partial charge in [-0.05, 0) is 46.9 Å². The molecule has 1 aromatic carbocycles. The molecule has 2 aromatic heterocycles. The summed E-state index contributed by atoms with van der Waals surface area (Å²) in [6.45, 7) is 0. The largest absolute Gasteiger partial charge is 0.424 e. The van der Waals surface area contributed by atoms with Crippen LogP contribution in [0.4, 0.5) is 5.95 Å². The lowest BCUT2D eigenvalue weighted by Gasteiger charge is -2.08. The van der Waals surface area contributed by atoms with Crippen LogP contribution in [0.1, 0.15) is 0 Å². The lowest BCUT2D eigenvalue weighted by atomic mass is 10.3. The van der Waals surface area contributed by atoms with Gasteiger partial charge < -0.3 is 10.1 Å². The Balaban J connectivity index is 1.94. The maximum atomic E-state index is 5.68. The molecule has 7 nitrogen and oxygen atoms in total. The molecule has 0 bridgehead atoms. The molecule has 0 saturated carbocycles. The minimum absolute atomic E-state index is 0.222. The summed E-state index contributed by atoms with van der Waals surface area (Å²) in [5.41, 5.74) is 0. The van der Waals surface area contributed by atoms with Crippen LogP contribution >= 0.6 is 22.6 Å². The molecule has 0 aliphatic carbocycles. The van der Waals surface area contributed by atoms with Gasteiger partial charge in [-0.15, -0.1) is 0 Å². The van der Waals surface area contributed by atoms with Crippen molar-refractivity contribution in [1.29, 1.82) is 0 Å². The van der Waals surface area contributed by atoms with Crippen molar-refractivity contribution in [2.24, 2.45) is 0 Å². The molecule has 0 fully saturated rings. The van der Waals surface area contributed by atoms with E-state index in [4.69, 9.17) is 4.74 Å². The number of ether oxygens (including phenoxy) is 1. The first-order valence-corrected chi connectivity index (χ1v) is 7.18. The summed E-state index contributed by atoms with van der Waals surface area (Å²) in [4.78, 5) is 16.7. The Hall–Kier alpha value is -2.23. The van der Waals surface area contributed by atoms with Gasteiger partial charge in [0.15, 0.2) is 0 Å². The molecule has 0 aliphatic heterocycles. The van der Waals surface area contributed by atoms with Gasteiger partial charge in [-0.1, -0.05) is 0 Å². The van der Waals surface area contributed by atoms with Crippen LogP contribution in [0.15, 0.2) is 43.0 Å². The lowest BCUT2D eigenvalue weighted by molar-refractivity contribution is 0.439. The second-order valence-electron chi connectivity index (χ2n) is 4.02. The van der Waals surface area contributed by atoms with Crippen molar-refractivity contribution in [3.05, 3.63) is 46.6 Å². The zero-order valence-electron chi connectivity index (χ0n) is 11.1. The van der Waals surface area contributed by atoms with Crippen LogP contribution in [0.5, 0.6) is 11.8 Å². The van der Waals surface area contributed by atoms with Crippen LogP contribution in [-0.4, -0.2) is 31.6 Å². The third kappa shape index (κ3) is 3.27. The fourth-order valence-corrected chi connectivity index (χ4v) is 1.96. The molecule has 0 aliphatic rings. The van der Waals surface area contributed by atoms with Crippen LogP contribution in [0.3, 0.4) is 0 Å². The number of imidazole rings is 1. The van der Waals surface area contributed by atoms with Crippen molar-refractivity contribution in [2.75, 3.05) is 12.4 Å². The summed E-state index contributed by atoms with van der Waals surface area (Å²) in [7, 11) is 1.74. The minimum atomic E-state index is 0.222. The predicted molar refractivity (Wildman–Crippen MR) is 85.7 cm³/mol. The summed E-state index contributed by atoms with van der Waals surface area (Å²) in [5, 5.41) is 2.89. The van der Waals surface area contributed by atoms with Gasteiger partial charge in [0.1, 0.15) is 12.1 Å². The number of nitrogens with one attached hydrogen (secondary N) is 1. The van der Waals surface area contributed by atoms with Crippen LogP contribution in [0.25, 0.3) is 5.95 Å². The molecule has 1 N–H and O–H groups in total. The third-order valence-electron chi connectivity index (χ3n) is 2.58. The number of nitrogens with zero attached hydrogens (tertiary/aromatic N) is 5. The molecule has 2 heterocycles. The first-order valence-electron chi connectivity index (χ1n) is 6.10. The van der Waals surface area contributed by atoms with E-state index in [9.17, 15) is 0 Å². The molecule has 3 rings (SSSR count). The third-order valence-corrected chi connectivity index (χ3v) is 3.30. The van der Waals surface area contributed by atoms with E-state index in [1.165, 1.54) is 0 Å². The number of hydrogen-bond acceptors (Lipinski definition) is 6. The molecule has 8 heteroatoms. The van der Waals surface area contributed by atoms with E-state index in [1.807, 2.05) is 24.3 Å². The van der Waals surface area contributed by atoms with E-state index in [1.54, 1.807) is 30.3 Å². The summed E-state index contributed by atoms with van der Waals surface area (Å²) < 4.78 is 8.49. The Morgan fingerprint density at radius 2 is 1.95 bits per heavy atom. The molecule has 0 atom stereocenters. The average molecular weight is 394 g/mol. The van der Waals surface area contributed by atoms with E-state index < -0.39 is 0 Å². The minimum Gasteiger partial charge on any atom is -0.424 e. The molecule has 0 unspecified atom stereocenters. The highest BCUT2D eigenvalue weighted by Crippen LogP contribution is 2.20. The van der Waals surface area contributed by atoms with Crippen LogP contribution < -0.4 is 10.1 Å². The van der Waals surface area contributed by atoms with Crippen molar-refractivity contribution < 1.29 is 4.74 Å². The maximum Gasteiger partial charge on any atom is 0.328 e. The summed E-state index contributed by atoms with van der Waals surface area (Å²) >= 11 is 2.23. The molecule has 3 aromatic rings. The highest BCUT2D eigenvalue weighted by molar-refractivity contribution is 14.1. The Morgan fingerprint density at radius 3 is 2.62 bits per heavy atom. The molecule has 0 amide bonds. The molecule has 0 saturated heterocycles. The molecule has 0 radical (unpaired) electrons. The maximum absolute atomic E-state index is 5.68. The summed E-state index contributed by atoms with van der Waals surface area (Å²) in [6.07, 6.45) is 5.02. The van der Waals surface area contributed by atoms with Gasteiger partial charge in [-0.3, -0.25) is 4.57 Å². The fourth-order valence-electron chi connectivity index (χ4n) is 1.60. The predicted octanol–water partition coefficient (Wildman–Crippen LogP) is 2.50. The van der Waals surface area contributed by atoms with Gasteiger partial charge in [-0.2, -0.15) is 15.0 Å². The Bertz CT molecular complexity index is 729. The van der Waals surface area contributed by atoms with E-state index in [-0.39, 0.29) is 6.01 Å². The zero-order valence-corrected chi connectivity index (χ0v) is 13.2. The zero-order chi connectivity index (χ0) is 14.7. The van der Waals surface area contributed by atoms with Gasteiger partial charge in [0, 0.05) is 23.0 Å². The fraction of sp³-hybridized carbons (Fsp3) is 0.0769. The standard InChI is InChI=1S/C13H11IN6O/c1-15-11-17-12(20-7-6-16-8-20)19-13(18-11)21-10-4-2-9(14)3-5-10/h2-8H,1H3,(H,15,17,18,19). The highest BCUT2D eigenvalue weighted by Gasteiger charge is 2.09. The topological polar surface area (TPSA) is 77.8 Å². The van der Waals surface area contributed by atoms with Gasteiger partial charge in [-0.25, -0.2) is 4.98 Å². The van der Waals surface area contributed by atoms with E-state index in [0.29, 0.717) is 17.6 Å². The monoisotopic (exact) mass is 394 g/mol. The second kappa shape index (κ2) is 6.04. The van der Waals surface area contributed by atoms with Crippen molar-refractivity contribution in [3.63, 3.8) is 0 Å². The SMILES string of the molecule is CNc1nc(Oc2ccc(I)cc2)nc(-n2ccnc2)n1. The van der Waals surface area contributed by atoms with Gasteiger partial charge in [0.05, 0.1) is 0 Å². The van der Waals surface area contributed by atoms with Crippen molar-refractivity contribution in [1.82, 2.24) is 24.5 Å². The molecular formula is C13H11IN6O. The Morgan fingerprint density at radius 1 is 1.14 bits per heavy atom. The average Bonchev–Trinajstić information content (AvgIpc) is 3.04. The first-order chi connectivity index (χ1) is 10.2. The van der Waals surface area contributed by atoms with Crippen LogP contribution in [0, 0.1) is 3.57 Å². The second-order valence-corrected chi connectivity index (χ2v) is 5.26. The quantitative estimate of drug-likeness (QED) is 0.686. The Kier molecular flexibility index (Phi) is 3.95. The van der Waals surface area contributed by atoms with Crippen LogP contribution in [-0.2, 0) is 0 Å². The first kappa shape index (κ1) is 13.7. The van der Waals surface area contributed by atoms with Gasteiger partial charge in [0.25, 0.3) is 0 Å². The number of anilines is 1. The summed E-state index contributed by atoms with van der Waals surface area (Å²) in [5.74, 6) is 1.53. The molecule has 106 valence electrons. The smallest absolute Gasteiger partial charge is 0.328 e. The highest BCUT2D eigenvalue weighted by atomic mass is 127. The molecule has 0 spiro atoms. The lowest BCUT2D eigenvalue weighted by Crippen LogP contribution is -2.06. The Labute approximate surface area is 134 Å². The van der Waals surface area contributed by atoms with Crippen molar-refractivity contribution >= 4 is 28.5 Å². The van der Waals surface area contributed by atoms with Crippen molar-refractivity contribution in [3.8, 4) is 17.7 Å². The normalized spacial score (nSPS) is 10.4. The van der Waals surface area contributed by atoms with Gasteiger partial charge in [0.2, 0.25) is 11.9 Å². The molecule has 21 heavy (non-hydrogen) atoms. The molecular weight excluding hydrogens is 383 g/mol. The van der Waals surface area contributed by atoms with E-state index in [2.05, 4.69) is 47.8 Å². The van der Waals surface area contributed by atoms with Crippen LogP contribution in [0.2, 0.25) is 0 Å². The number of benzene rings is 1. The van der Waals surface area contributed by atoms with Gasteiger partial charge >= 0.3 is 6.01 Å².